The zero-order valence-electron chi connectivity index (χ0n) is 17.3. The van der Waals surface area contributed by atoms with Crippen LogP contribution in [0.15, 0.2) is 0 Å². The summed E-state index contributed by atoms with van der Waals surface area (Å²) in [6, 6.07) is 0. The number of carbonyl (C=O) groups is 1. The lowest BCUT2D eigenvalue weighted by Crippen LogP contribution is -2.14. The first-order valence-corrected chi connectivity index (χ1v) is 10.7. The average Bonchev–Trinajstić information content (AvgIpc) is 2.64. The zero-order valence-corrected chi connectivity index (χ0v) is 17.3. The second-order valence-electron chi connectivity index (χ2n) is 6.64. The highest BCUT2D eigenvalue weighted by Gasteiger charge is 2.02. The molecule has 0 saturated carbocycles. The summed E-state index contributed by atoms with van der Waals surface area (Å²) in [4.78, 5) is 11.5. The standard InChI is InChI=1S/C21H42O5/c1-3-5-7-9-11-13-21(22)26-20-19-25-18-17-24-16-15-23-14-12-10-8-6-4-2/h3-20H2,1-2H3. The van der Waals surface area contributed by atoms with E-state index in [9.17, 15) is 4.79 Å². The highest BCUT2D eigenvalue weighted by atomic mass is 16.6. The molecule has 0 saturated heterocycles. The molecule has 0 atom stereocenters. The second-order valence-corrected chi connectivity index (χ2v) is 6.64. The van der Waals surface area contributed by atoms with E-state index in [0.29, 0.717) is 46.1 Å². The van der Waals surface area contributed by atoms with Crippen molar-refractivity contribution in [2.75, 3.05) is 46.2 Å². The van der Waals surface area contributed by atoms with Crippen LogP contribution in [0.2, 0.25) is 0 Å². The molecule has 0 radical (unpaired) electrons. The third kappa shape index (κ3) is 21.4. The fourth-order valence-corrected chi connectivity index (χ4v) is 2.51. The van der Waals surface area contributed by atoms with Gasteiger partial charge in [0.2, 0.25) is 0 Å². The van der Waals surface area contributed by atoms with Gasteiger partial charge in [-0.1, -0.05) is 65.2 Å². The minimum absolute atomic E-state index is 0.117. The molecule has 0 fully saturated rings. The Bertz CT molecular complexity index is 284. The van der Waals surface area contributed by atoms with Gasteiger partial charge in [0.25, 0.3) is 0 Å². The van der Waals surface area contributed by atoms with Gasteiger partial charge in [0.1, 0.15) is 6.61 Å². The molecule has 0 bridgehead atoms. The van der Waals surface area contributed by atoms with Gasteiger partial charge in [0, 0.05) is 13.0 Å². The predicted octanol–water partition coefficient (Wildman–Crippen LogP) is 4.91. The minimum atomic E-state index is -0.117. The molecule has 0 aromatic carbocycles. The summed E-state index contributed by atoms with van der Waals surface area (Å²) in [7, 11) is 0. The Labute approximate surface area is 161 Å². The Morgan fingerprint density at radius 3 is 1.58 bits per heavy atom. The Morgan fingerprint density at radius 2 is 1.00 bits per heavy atom. The van der Waals surface area contributed by atoms with E-state index in [1.807, 2.05) is 0 Å². The van der Waals surface area contributed by atoms with Crippen molar-refractivity contribution in [2.24, 2.45) is 0 Å². The molecule has 26 heavy (non-hydrogen) atoms. The van der Waals surface area contributed by atoms with Crippen LogP contribution in [0.1, 0.15) is 84.5 Å². The molecule has 0 heterocycles. The van der Waals surface area contributed by atoms with Crippen LogP contribution >= 0.6 is 0 Å². The van der Waals surface area contributed by atoms with Crippen LogP contribution in [0.25, 0.3) is 0 Å². The number of esters is 1. The summed E-state index contributed by atoms with van der Waals surface area (Å²) in [5, 5.41) is 0. The summed E-state index contributed by atoms with van der Waals surface area (Å²) < 4.78 is 21.5. The maximum atomic E-state index is 11.5. The molecule has 0 rings (SSSR count). The number of hydrogen-bond acceptors (Lipinski definition) is 5. The van der Waals surface area contributed by atoms with Gasteiger partial charge >= 0.3 is 5.97 Å². The van der Waals surface area contributed by atoms with Crippen LogP contribution in [-0.2, 0) is 23.7 Å². The molecule has 0 amide bonds. The molecule has 0 aliphatic carbocycles. The predicted molar refractivity (Wildman–Crippen MR) is 106 cm³/mol. The molecule has 0 unspecified atom stereocenters. The van der Waals surface area contributed by atoms with E-state index in [-0.39, 0.29) is 5.97 Å². The van der Waals surface area contributed by atoms with Crippen molar-refractivity contribution in [3.63, 3.8) is 0 Å². The molecule has 0 N–H and O–H groups in total. The van der Waals surface area contributed by atoms with Crippen molar-refractivity contribution in [1.29, 1.82) is 0 Å². The zero-order chi connectivity index (χ0) is 19.1. The monoisotopic (exact) mass is 374 g/mol. The number of hydrogen-bond donors (Lipinski definition) is 0. The summed E-state index contributed by atoms with van der Waals surface area (Å²) in [5.41, 5.74) is 0. The third-order valence-electron chi connectivity index (χ3n) is 4.11. The molecule has 0 aliphatic heterocycles. The molecular formula is C21H42O5. The first kappa shape index (κ1) is 25.4. The lowest BCUT2D eigenvalue weighted by atomic mass is 10.1. The maximum Gasteiger partial charge on any atom is 0.305 e. The van der Waals surface area contributed by atoms with Crippen molar-refractivity contribution in [3.05, 3.63) is 0 Å². The van der Waals surface area contributed by atoms with Crippen molar-refractivity contribution in [1.82, 2.24) is 0 Å². The van der Waals surface area contributed by atoms with Crippen molar-refractivity contribution in [3.8, 4) is 0 Å². The highest BCUT2D eigenvalue weighted by Crippen LogP contribution is 2.05. The Kier molecular flexibility index (Phi) is 21.8. The van der Waals surface area contributed by atoms with E-state index in [4.69, 9.17) is 18.9 Å². The normalized spacial score (nSPS) is 11.0. The lowest BCUT2D eigenvalue weighted by Gasteiger charge is -2.08. The molecule has 0 aromatic rings. The molecule has 0 aliphatic rings. The molecular weight excluding hydrogens is 332 g/mol. The van der Waals surface area contributed by atoms with Crippen LogP contribution in [0.3, 0.4) is 0 Å². The van der Waals surface area contributed by atoms with Gasteiger partial charge in [0.15, 0.2) is 0 Å². The maximum absolute atomic E-state index is 11.5. The fraction of sp³-hybridized carbons (Fsp3) is 0.952. The van der Waals surface area contributed by atoms with Crippen molar-refractivity contribution in [2.45, 2.75) is 84.5 Å². The van der Waals surface area contributed by atoms with E-state index in [1.165, 1.54) is 44.9 Å². The molecule has 5 heteroatoms. The topological polar surface area (TPSA) is 54.0 Å². The first-order chi connectivity index (χ1) is 12.8. The van der Waals surface area contributed by atoms with Gasteiger partial charge in [-0.2, -0.15) is 0 Å². The second kappa shape index (κ2) is 22.4. The van der Waals surface area contributed by atoms with Gasteiger partial charge in [-0.15, -0.1) is 0 Å². The SMILES string of the molecule is CCCCCCCOCCOCCOCCOC(=O)CCCCCCC. The lowest BCUT2D eigenvalue weighted by molar-refractivity contribution is -0.145. The van der Waals surface area contributed by atoms with Crippen LogP contribution < -0.4 is 0 Å². The average molecular weight is 375 g/mol. The molecule has 0 spiro atoms. The minimum Gasteiger partial charge on any atom is -0.463 e. The largest absolute Gasteiger partial charge is 0.463 e. The van der Waals surface area contributed by atoms with E-state index < -0.39 is 0 Å². The van der Waals surface area contributed by atoms with E-state index >= 15 is 0 Å². The number of carbonyl (C=O) groups excluding carboxylic acids is 1. The van der Waals surface area contributed by atoms with Gasteiger partial charge < -0.3 is 18.9 Å². The van der Waals surface area contributed by atoms with Gasteiger partial charge in [-0.25, -0.2) is 0 Å². The van der Waals surface area contributed by atoms with Crippen LogP contribution in [-0.4, -0.2) is 52.2 Å². The van der Waals surface area contributed by atoms with Gasteiger partial charge in [0.05, 0.1) is 33.0 Å². The summed E-state index contributed by atoms with van der Waals surface area (Å²) in [6.07, 6.45) is 12.5. The number of unbranched alkanes of at least 4 members (excludes halogenated alkanes) is 8. The Morgan fingerprint density at radius 1 is 0.538 bits per heavy atom. The van der Waals surface area contributed by atoms with Crippen LogP contribution in [0, 0.1) is 0 Å². The molecule has 5 nitrogen and oxygen atoms in total. The summed E-state index contributed by atoms with van der Waals surface area (Å²) in [5.74, 6) is -0.117. The van der Waals surface area contributed by atoms with Crippen LogP contribution in [0.5, 0.6) is 0 Å². The highest BCUT2D eigenvalue weighted by molar-refractivity contribution is 5.69. The Hall–Kier alpha value is -0.650. The number of ether oxygens (including phenoxy) is 4. The Balaban J connectivity index is 3.09. The van der Waals surface area contributed by atoms with E-state index in [1.54, 1.807) is 0 Å². The molecule has 156 valence electrons. The quantitative estimate of drug-likeness (QED) is 0.211. The third-order valence-corrected chi connectivity index (χ3v) is 4.11. The van der Waals surface area contributed by atoms with Gasteiger partial charge in [-0.05, 0) is 12.8 Å². The fourth-order valence-electron chi connectivity index (χ4n) is 2.51. The summed E-state index contributed by atoms with van der Waals surface area (Å²) >= 11 is 0. The van der Waals surface area contributed by atoms with E-state index in [0.717, 1.165) is 25.9 Å². The summed E-state index contributed by atoms with van der Waals surface area (Å²) in [6.45, 7) is 8.30. The van der Waals surface area contributed by atoms with Crippen molar-refractivity contribution >= 4 is 5.97 Å². The smallest absolute Gasteiger partial charge is 0.305 e. The van der Waals surface area contributed by atoms with Crippen molar-refractivity contribution < 1.29 is 23.7 Å². The first-order valence-electron chi connectivity index (χ1n) is 10.7. The number of rotatable bonds is 21. The van der Waals surface area contributed by atoms with E-state index in [2.05, 4.69) is 13.8 Å². The van der Waals surface area contributed by atoms with Gasteiger partial charge in [-0.3, -0.25) is 4.79 Å². The van der Waals surface area contributed by atoms with Crippen LogP contribution in [0.4, 0.5) is 0 Å². The molecule has 0 aromatic heterocycles.